The quantitative estimate of drug-likeness (QED) is 0.763. The van der Waals surface area contributed by atoms with Gasteiger partial charge in [0, 0.05) is 24.8 Å². The lowest BCUT2D eigenvalue weighted by atomic mass is 10.0. The third-order valence-corrected chi connectivity index (χ3v) is 4.47. The predicted molar refractivity (Wildman–Crippen MR) is 97.8 cm³/mol. The number of urea groups is 1. The van der Waals surface area contributed by atoms with Crippen molar-refractivity contribution in [2.75, 3.05) is 23.7 Å². The maximum absolute atomic E-state index is 13.2. The largest absolute Gasteiger partial charge is 0.384 e. The molecule has 0 aliphatic carbocycles. The number of nitrogens with zero attached hydrogens (tertiary/aromatic N) is 3. The lowest BCUT2D eigenvalue weighted by molar-refractivity contribution is -0.140. The molecule has 9 heteroatoms. The van der Waals surface area contributed by atoms with Crippen molar-refractivity contribution in [3.8, 4) is 0 Å². The Balaban J connectivity index is 1.60. The highest BCUT2D eigenvalue weighted by molar-refractivity contribution is 5.99. The van der Waals surface area contributed by atoms with Crippen molar-refractivity contribution in [2.45, 2.75) is 31.9 Å². The normalized spacial score (nSPS) is 16.0. The number of carbonyl (C=O) groups excluding carboxylic acids is 2. The maximum atomic E-state index is 13.2. The van der Waals surface area contributed by atoms with Crippen molar-refractivity contribution in [3.05, 3.63) is 42.3 Å². The Morgan fingerprint density at radius 3 is 2.67 bits per heavy atom. The minimum absolute atomic E-state index is 0.0301. The smallest absolute Gasteiger partial charge is 0.324 e. The molecule has 1 fully saturated rings. The summed E-state index contributed by atoms with van der Waals surface area (Å²) in [6, 6.07) is 6.84. The van der Waals surface area contributed by atoms with Gasteiger partial charge in [0.2, 0.25) is 0 Å². The van der Waals surface area contributed by atoms with Gasteiger partial charge in [0.25, 0.3) is 5.91 Å². The van der Waals surface area contributed by atoms with Crippen LogP contribution in [0.2, 0.25) is 0 Å². The molecule has 1 aliphatic rings. The first kappa shape index (κ1) is 18.8. The fourth-order valence-electron chi connectivity index (χ4n) is 3.14. The van der Waals surface area contributed by atoms with Gasteiger partial charge in [-0.05, 0) is 38.0 Å². The molecular formula is C18H22FN5O3. The SMILES string of the molecule is C[C@H](O)C(=O)N1CCC(n2nccc2NC(=O)Nc2cccc(F)c2)CC1. The van der Waals surface area contributed by atoms with E-state index < -0.39 is 18.0 Å². The lowest BCUT2D eigenvalue weighted by Gasteiger charge is -2.33. The van der Waals surface area contributed by atoms with E-state index in [9.17, 15) is 19.1 Å². The van der Waals surface area contributed by atoms with E-state index in [2.05, 4.69) is 15.7 Å². The zero-order chi connectivity index (χ0) is 19.4. The highest BCUT2D eigenvalue weighted by atomic mass is 19.1. The van der Waals surface area contributed by atoms with Crippen molar-refractivity contribution >= 4 is 23.4 Å². The summed E-state index contributed by atoms with van der Waals surface area (Å²) in [5.74, 6) is -0.192. The summed E-state index contributed by atoms with van der Waals surface area (Å²) in [7, 11) is 0. The molecule has 27 heavy (non-hydrogen) atoms. The number of benzene rings is 1. The molecule has 0 saturated carbocycles. The van der Waals surface area contributed by atoms with Crippen molar-refractivity contribution in [3.63, 3.8) is 0 Å². The molecule has 3 rings (SSSR count). The average molecular weight is 375 g/mol. The van der Waals surface area contributed by atoms with E-state index >= 15 is 0 Å². The first-order valence-electron chi connectivity index (χ1n) is 8.78. The van der Waals surface area contributed by atoms with E-state index in [1.807, 2.05) is 0 Å². The molecule has 2 aromatic rings. The van der Waals surface area contributed by atoms with Crippen LogP contribution in [0.4, 0.5) is 20.7 Å². The summed E-state index contributed by atoms with van der Waals surface area (Å²) < 4.78 is 14.9. The second-order valence-corrected chi connectivity index (χ2v) is 6.48. The monoisotopic (exact) mass is 375 g/mol. The van der Waals surface area contributed by atoms with Gasteiger partial charge in [-0.2, -0.15) is 5.10 Å². The number of aliphatic hydroxyl groups is 1. The molecule has 1 atom stereocenters. The van der Waals surface area contributed by atoms with Crippen LogP contribution in [0.25, 0.3) is 0 Å². The van der Waals surface area contributed by atoms with Gasteiger partial charge in [-0.1, -0.05) is 6.07 Å². The highest BCUT2D eigenvalue weighted by Gasteiger charge is 2.27. The van der Waals surface area contributed by atoms with Gasteiger partial charge in [-0.25, -0.2) is 13.9 Å². The van der Waals surface area contributed by atoms with Gasteiger partial charge >= 0.3 is 6.03 Å². The fourth-order valence-corrected chi connectivity index (χ4v) is 3.14. The van der Waals surface area contributed by atoms with E-state index in [0.717, 1.165) is 0 Å². The van der Waals surface area contributed by atoms with Gasteiger partial charge in [0.1, 0.15) is 17.7 Å². The van der Waals surface area contributed by atoms with Crippen LogP contribution in [0.5, 0.6) is 0 Å². The van der Waals surface area contributed by atoms with Crippen LogP contribution in [0.3, 0.4) is 0 Å². The maximum Gasteiger partial charge on any atom is 0.324 e. The lowest BCUT2D eigenvalue weighted by Crippen LogP contribution is -2.43. The summed E-state index contributed by atoms with van der Waals surface area (Å²) >= 11 is 0. The molecule has 3 N–H and O–H groups in total. The molecule has 0 unspecified atom stereocenters. The van der Waals surface area contributed by atoms with Gasteiger partial charge in [-0.3, -0.25) is 10.1 Å². The third kappa shape index (κ3) is 4.62. The van der Waals surface area contributed by atoms with Crippen LogP contribution in [-0.2, 0) is 4.79 Å². The number of anilines is 2. The summed E-state index contributed by atoms with van der Waals surface area (Å²) in [6.07, 6.45) is 1.92. The first-order chi connectivity index (χ1) is 12.9. The Hall–Kier alpha value is -2.94. The molecular weight excluding hydrogens is 353 g/mol. The standard InChI is InChI=1S/C18H22FN5O3/c1-12(25)17(26)23-9-6-15(7-10-23)24-16(5-8-20-24)22-18(27)21-14-4-2-3-13(19)11-14/h2-5,8,11-12,15,25H,6-7,9-10H2,1H3,(H2,21,22,27)/t12-/m0/s1. The minimum Gasteiger partial charge on any atom is -0.384 e. The summed E-state index contributed by atoms with van der Waals surface area (Å²) in [4.78, 5) is 25.7. The van der Waals surface area contributed by atoms with Crippen LogP contribution in [0.1, 0.15) is 25.8 Å². The Morgan fingerprint density at radius 1 is 1.26 bits per heavy atom. The molecule has 1 saturated heterocycles. The van der Waals surface area contributed by atoms with E-state index in [0.29, 0.717) is 37.4 Å². The summed E-state index contributed by atoms with van der Waals surface area (Å²) in [5.41, 5.74) is 0.350. The van der Waals surface area contributed by atoms with Crippen LogP contribution >= 0.6 is 0 Å². The number of hydrogen-bond acceptors (Lipinski definition) is 4. The van der Waals surface area contributed by atoms with E-state index in [1.54, 1.807) is 27.9 Å². The zero-order valence-electron chi connectivity index (χ0n) is 14.9. The third-order valence-electron chi connectivity index (χ3n) is 4.47. The molecule has 0 bridgehead atoms. The predicted octanol–water partition coefficient (Wildman–Crippen LogP) is 2.21. The van der Waals surface area contributed by atoms with Crippen LogP contribution < -0.4 is 10.6 Å². The number of aliphatic hydroxyl groups excluding tert-OH is 1. The van der Waals surface area contributed by atoms with Gasteiger partial charge in [0.15, 0.2) is 0 Å². The minimum atomic E-state index is -1.00. The molecule has 1 aromatic heterocycles. The molecule has 144 valence electrons. The van der Waals surface area contributed by atoms with Gasteiger partial charge < -0.3 is 15.3 Å². The molecule has 8 nitrogen and oxygen atoms in total. The molecule has 3 amide bonds. The highest BCUT2D eigenvalue weighted by Crippen LogP contribution is 2.25. The van der Waals surface area contributed by atoms with Crippen molar-refractivity contribution in [1.82, 2.24) is 14.7 Å². The average Bonchev–Trinajstić information content (AvgIpc) is 3.09. The molecule has 1 aliphatic heterocycles. The molecule has 0 radical (unpaired) electrons. The summed E-state index contributed by atoms with van der Waals surface area (Å²) in [5, 5.41) is 19.0. The Kier molecular flexibility index (Phi) is 5.70. The van der Waals surface area contributed by atoms with E-state index in [-0.39, 0.29) is 11.9 Å². The van der Waals surface area contributed by atoms with Gasteiger partial charge in [-0.15, -0.1) is 0 Å². The fraction of sp³-hybridized carbons (Fsp3) is 0.389. The number of halogens is 1. The summed E-state index contributed by atoms with van der Waals surface area (Å²) in [6.45, 7) is 2.49. The molecule has 2 heterocycles. The number of likely N-dealkylation sites (tertiary alicyclic amines) is 1. The Labute approximate surface area is 156 Å². The molecule has 1 aromatic carbocycles. The first-order valence-corrected chi connectivity index (χ1v) is 8.78. The number of aromatic nitrogens is 2. The van der Waals surface area contributed by atoms with Crippen LogP contribution in [-0.4, -0.2) is 50.9 Å². The van der Waals surface area contributed by atoms with Gasteiger partial charge in [0.05, 0.1) is 12.2 Å². The number of carbonyl (C=O) groups is 2. The van der Waals surface area contributed by atoms with Crippen LogP contribution in [0, 0.1) is 5.82 Å². The van der Waals surface area contributed by atoms with Crippen molar-refractivity contribution in [1.29, 1.82) is 0 Å². The van der Waals surface area contributed by atoms with Crippen LogP contribution in [0.15, 0.2) is 36.5 Å². The molecule has 0 spiro atoms. The number of hydrogen-bond donors (Lipinski definition) is 3. The number of nitrogens with one attached hydrogen (secondary N) is 2. The van der Waals surface area contributed by atoms with Crippen molar-refractivity contribution in [2.24, 2.45) is 0 Å². The second-order valence-electron chi connectivity index (χ2n) is 6.48. The second kappa shape index (κ2) is 8.17. The van der Waals surface area contributed by atoms with Crippen molar-refractivity contribution < 1.29 is 19.1 Å². The topological polar surface area (TPSA) is 99.5 Å². The van der Waals surface area contributed by atoms with E-state index in [1.165, 1.54) is 25.1 Å². The number of rotatable bonds is 4. The Morgan fingerprint density at radius 2 is 2.00 bits per heavy atom. The number of amides is 3. The zero-order valence-corrected chi connectivity index (χ0v) is 14.9. The Bertz CT molecular complexity index is 815. The number of piperidine rings is 1. The van der Waals surface area contributed by atoms with E-state index in [4.69, 9.17) is 0 Å².